The summed E-state index contributed by atoms with van der Waals surface area (Å²) in [6.07, 6.45) is 5.21. The summed E-state index contributed by atoms with van der Waals surface area (Å²) in [4.78, 5) is 0. The molecule has 2 aliphatic rings. The molecule has 22 heavy (non-hydrogen) atoms. The molecule has 0 aromatic heterocycles. The summed E-state index contributed by atoms with van der Waals surface area (Å²) in [7, 11) is 3.45. The lowest BCUT2D eigenvalue weighted by Crippen LogP contribution is -2.47. The third kappa shape index (κ3) is 2.40. The van der Waals surface area contributed by atoms with Crippen LogP contribution in [0.1, 0.15) is 63.6 Å². The van der Waals surface area contributed by atoms with E-state index in [1.54, 1.807) is 14.2 Å². The highest BCUT2D eigenvalue weighted by molar-refractivity contribution is 5.53. The highest BCUT2D eigenvalue weighted by atomic mass is 16.5. The largest absolute Gasteiger partial charge is 0.493 e. The van der Waals surface area contributed by atoms with E-state index in [1.165, 1.54) is 36.8 Å². The Morgan fingerprint density at radius 3 is 2.18 bits per heavy atom. The average Bonchev–Trinajstić information content (AvgIpc) is 2.94. The number of hydrogen-bond donors (Lipinski definition) is 1. The molecule has 3 nitrogen and oxygen atoms in total. The number of rotatable bonds is 2. The number of nitrogens with one attached hydrogen (secondary N) is 1. The molecule has 1 atom stereocenters. The van der Waals surface area contributed by atoms with Crippen LogP contribution in [0.15, 0.2) is 12.1 Å². The summed E-state index contributed by atoms with van der Waals surface area (Å²) < 4.78 is 11.1. The van der Waals surface area contributed by atoms with Gasteiger partial charge in [-0.25, -0.2) is 0 Å². The maximum absolute atomic E-state index is 5.58. The summed E-state index contributed by atoms with van der Waals surface area (Å²) in [5.74, 6) is 1.70. The molecule has 1 aliphatic heterocycles. The molecule has 1 aromatic carbocycles. The number of hydrogen-bond acceptors (Lipinski definition) is 3. The summed E-state index contributed by atoms with van der Waals surface area (Å²) >= 11 is 0. The van der Waals surface area contributed by atoms with Crippen LogP contribution < -0.4 is 14.8 Å². The molecule has 3 heteroatoms. The van der Waals surface area contributed by atoms with Crippen LogP contribution >= 0.6 is 0 Å². The molecule has 122 valence electrons. The van der Waals surface area contributed by atoms with E-state index in [2.05, 4.69) is 38.2 Å². The van der Waals surface area contributed by atoms with Crippen LogP contribution in [0.3, 0.4) is 0 Å². The molecule has 1 fully saturated rings. The van der Waals surface area contributed by atoms with Gasteiger partial charge >= 0.3 is 0 Å². The van der Waals surface area contributed by atoms with Gasteiger partial charge in [-0.05, 0) is 41.5 Å². The zero-order valence-electron chi connectivity index (χ0n) is 14.6. The van der Waals surface area contributed by atoms with E-state index in [4.69, 9.17) is 9.47 Å². The van der Waals surface area contributed by atoms with E-state index in [0.717, 1.165) is 18.0 Å². The minimum absolute atomic E-state index is 0.175. The van der Waals surface area contributed by atoms with Gasteiger partial charge < -0.3 is 14.8 Å². The molecule has 1 N–H and O–H groups in total. The summed E-state index contributed by atoms with van der Waals surface area (Å²) in [6.45, 7) is 7.99. The van der Waals surface area contributed by atoms with Crippen molar-refractivity contribution in [3.05, 3.63) is 23.3 Å². The zero-order chi connectivity index (χ0) is 16.0. The Hall–Kier alpha value is -1.22. The number of ether oxygens (including phenoxy) is 2. The third-order valence-electron chi connectivity index (χ3n) is 5.51. The molecule has 3 rings (SSSR count). The van der Waals surface area contributed by atoms with Crippen molar-refractivity contribution in [1.29, 1.82) is 0 Å². The van der Waals surface area contributed by atoms with Gasteiger partial charge in [0, 0.05) is 18.0 Å². The quantitative estimate of drug-likeness (QED) is 0.888. The van der Waals surface area contributed by atoms with Gasteiger partial charge in [0.25, 0.3) is 0 Å². The fourth-order valence-corrected chi connectivity index (χ4v) is 4.37. The van der Waals surface area contributed by atoms with E-state index in [1.807, 2.05) is 0 Å². The van der Waals surface area contributed by atoms with Crippen molar-refractivity contribution < 1.29 is 9.47 Å². The molecule has 1 spiro atoms. The van der Waals surface area contributed by atoms with E-state index in [0.29, 0.717) is 6.04 Å². The predicted octanol–water partition coefficient (Wildman–Crippen LogP) is 4.21. The van der Waals surface area contributed by atoms with Crippen LogP contribution in [0.2, 0.25) is 0 Å². The van der Waals surface area contributed by atoms with Crippen LogP contribution in [0.5, 0.6) is 11.5 Å². The van der Waals surface area contributed by atoms with Crippen molar-refractivity contribution in [2.45, 2.75) is 57.9 Å². The van der Waals surface area contributed by atoms with Crippen LogP contribution in [-0.2, 0) is 5.41 Å². The second-order valence-corrected chi connectivity index (χ2v) is 7.96. The Labute approximate surface area is 134 Å². The van der Waals surface area contributed by atoms with Gasteiger partial charge in [-0.3, -0.25) is 0 Å². The van der Waals surface area contributed by atoms with E-state index in [9.17, 15) is 0 Å². The predicted molar refractivity (Wildman–Crippen MR) is 89.9 cm³/mol. The second kappa shape index (κ2) is 5.45. The summed E-state index contributed by atoms with van der Waals surface area (Å²) in [5, 5.41) is 3.84. The Kier molecular flexibility index (Phi) is 3.88. The lowest BCUT2D eigenvalue weighted by Gasteiger charge is -2.45. The monoisotopic (exact) mass is 303 g/mol. The fourth-order valence-electron chi connectivity index (χ4n) is 4.37. The Bertz CT molecular complexity index is 553. The highest BCUT2D eigenvalue weighted by Crippen LogP contribution is 2.51. The van der Waals surface area contributed by atoms with Gasteiger partial charge in [-0.2, -0.15) is 0 Å². The first-order chi connectivity index (χ1) is 10.4. The molecule has 0 radical (unpaired) electrons. The smallest absolute Gasteiger partial charge is 0.161 e. The van der Waals surface area contributed by atoms with Crippen molar-refractivity contribution >= 4 is 0 Å². The van der Waals surface area contributed by atoms with Crippen LogP contribution in [-0.4, -0.2) is 20.8 Å². The van der Waals surface area contributed by atoms with Gasteiger partial charge in [0.1, 0.15) is 0 Å². The van der Waals surface area contributed by atoms with Crippen molar-refractivity contribution in [1.82, 2.24) is 5.32 Å². The highest BCUT2D eigenvalue weighted by Gasteiger charge is 2.44. The molecule has 1 saturated carbocycles. The zero-order valence-corrected chi connectivity index (χ0v) is 14.6. The molecule has 1 aromatic rings. The normalized spacial score (nSPS) is 23.4. The van der Waals surface area contributed by atoms with Crippen molar-refractivity contribution in [2.24, 2.45) is 5.41 Å². The Morgan fingerprint density at radius 2 is 1.64 bits per heavy atom. The van der Waals surface area contributed by atoms with Gasteiger partial charge in [0.15, 0.2) is 11.5 Å². The summed E-state index contributed by atoms with van der Waals surface area (Å²) in [5.41, 5.74) is 3.35. The topological polar surface area (TPSA) is 30.5 Å². The summed E-state index contributed by atoms with van der Waals surface area (Å²) in [6, 6.07) is 4.81. The molecule has 1 unspecified atom stereocenters. The standard InChI is InChI=1S/C19H29NO2/c1-18(2,3)17-13-10-15(21-4)16(22-5)11-14(13)19(12-20-17)8-6-7-9-19/h10-11,17,20H,6-9,12H2,1-5H3. The minimum atomic E-state index is 0.175. The van der Waals surface area contributed by atoms with Gasteiger partial charge in [-0.1, -0.05) is 33.6 Å². The first kappa shape index (κ1) is 15.7. The average molecular weight is 303 g/mol. The molecule has 0 saturated heterocycles. The lowest BCUT2D eigenvalue weighted by atomic mass is 9.68. The fraction of sp³-hybridized carbons (Fsp3) is 0.684. The molecule has 0 amide bonds. The van der Waals surface area contributed by atoms with Crippen LogP contribution in [0.4, 0.5) is 0 Å². The minimum Gasteiger partial charge on any atom is -0.493 e. The van der Waals surface area contributed by atoms with Crippen molar-refractivity contribution in [3.8, 4) is 11.5 Å². The van der Waals surface area contributed by atoms with Crippen LogP contribution in [0, 0.1) is 5.41 Å². The number of methoxy groups -OCH3 is 2. The van der Waals surface area contributed by atoms with Gasteiger partial charge in [0.05, 0.1) is 14.2 Å². The van der Waals surface area contributed by atoms with Crippen molar-refractivity contribution in [3.63, 3.8) is 0 Å². The molecule has 1 heterocycles. The van der Waals surface area contributed by atoms with Gasteiger partial charge in [-0.15, -0.1) is 0 Å². The molecular formula is C19H29NO2. The Balaban J connectivity index is 2.18. The third-order valence-corrected chi connectivity index (χ3v) is 5.51. The molecular weight excluding hydrogens is 274 g/mol. The van der Waals surface area contributed by atoms with Crippen LogP contribution in [0.25, 0.3) is 0 Å². The maximum Gasteiger partial charge on any atom is 0.161 e. The van der Waals surface area contributed by atoms with E-state index in [-0.39, 0.29) is 10.8 Å². The maximum atomic E-state index is 5.58. The SMILES string of the molecule is COc1cc2c(cc1OC)C1(CCCC1)CNC2C(C)(C)C. The second-order valence-electron chi connectivity index (χ2n) is 7.96. The van der Waals surface area contributed by atoms with E-state index >= 15 is 0 Å². The molecule has 1 aliphatic carbocycles. The number of fused-ring (bicyclic) bond motifs is 2. The first-order valence-corrected chi connectivity index (χ1v) is 8.41. The first-order valence-electron chi connectivity index (χ1n) is 8.41. The van der Waals surface area contributed by atoms with E-state index < -0.39 is 0 Å². The lowest BCUT2D eigenvalue weighted by molar-refractivity contribution is 0.222. The number of benzene rings is 1. The van der Waals surface area contributed by atoms with Gasteiger partial charge in [0.2, 0.25) is 0 Å². The Morgan fingerprint density at radius 1 is 1.05 bits per heavy atom. The van der Waals surface area contributed by atoms with Crippen molar-refractivity contribution in [2.75, 3.05) is 20.8 Å². The molecule has 0 bridgehead atoms.